The van der Waals surface area contributed by atoms with E-state index in [0.717, 1.165) is 6.42 Å². The predicted octanol–water partition coefficient (Wildman–Crippen LogP) is 2.78. The van der Waals surface area contributed by atoms with Gasteiger partial charge in [-0.25, -0.2) is 4.79 Å². The van der Waals surface area contributed by atoms with Crippen molar-refractivity contribution in [1.29, 1.82) is 0 Å². The summed E-state index contributed by atoms with van der Waals surface area (Å²) >= 11 is 0. The van der Waals surface area contributed by atoms with Gasteiger partial charge in [0.05, 0.1) is 6.26 Å². The molecule has 0 saturated heterocycles. The molecule has 80 valence electrons. The first-order valence-corrected chi connectivity index (χ1v) is 4.74. The van der Waals surface area contributed by atoms with Crippen LogP contribution in [0.15, 0.2) is 24.5 Å². The van der Waals surface area contributed by atoms with Crippen molar-refractivity contribution in [3.8, 4) is 0 Å². The van der Waals surface area contributed by atoms with Crippen LogP contribution < -0.4 is 0 Å². The molecule has 0 aliphatic rings. The Morgan fingerprint density at radius 2 is 2.21 bits per heavy atom. The maximum atomic E-state index is 11.2. The monoisotopic (exact) mass is 198 g/mol. The van der Waals surface area contributed by atoms with Gasteiger partial charge in [-0.1, -0.05) is 19.6 Å². The summed E-state index contributed by atoms with van der Waals surface area (Å²) in [6.45, 7) is 8.95. The number of carbonyl (C=O) groups is 1. The molecule has 0 bridgehead atoms. The smallest absolute Gasteiger partial charge is 0.336 e. The number of carbonyl (C=O) groups excluding carboxylic acids is 1. The molecule has 1 atom stereocenters. The van der Waals surface area contributed by atoms with Crippen LogP contribution in [-0.4, -0.2) is 12.3 Å². The topological polar surface area (TPSA) is 35.5 Å². The fraction of sp³-hybridized carbons (Fsp3) is 0.545. The molecule has 0 aromatic carbocycles. The molecule has 1 unspecified atom stereocenters. The fourth-order valence-electron chi connectivity index (χ4n) is 0.777. The first-order valence-electron chi connectivity index (χ1n) is 4.74. The van der Waals surface area contributed by atoms with Crippen LogP contribution >= 0.6 is 0 Å². The second-order valence-corrected chi connectivity index (χ2v) is 3.01. The van der Waals surface area contributed by atoms with E-state index in [9.17, 15) is 4.79 Å². The lowest BCUT2D eigenvalue weighted by molar-refractivity contribution is -0.165. The highest BCUT2D eigenvalue weighted by molar-refractivity contribution is 5.86. The van der Waals surface area contributed by atoms with E-state index in [1.165, 1.54) is 6.26 Å². The van der Waals surface area contributed by atoms with Crippen LogP contribution in [0.1, 0.15) is 33.6 Å². The number of rotatable bonds is 6. The summed E-state index contributed by atoms with van der Waals surface area (Å²) in [5.74, 6) is -0.409. The number of allylic oxidation sites excluding steroid dienone is 1. The predicted molar refractivity (Wildman–Crippen MR) is 55.5 cm³/mol. The van der Waals surface area contributed by atoms with E-state index in [1.807, 2.05) is 13.8 Å². The molecule has 0 fully saturated rings. The molecule has 0 spiro atoms. The Bertz CT molecular complexity index is 219. The van der Waals surface area contributed by atoms with Gasteiger partial charge in [-0.2, -0.15) is 0 Å². The second kappa shape index (κ2) is 7.18. The molecule has 3 nitrogen and oxygen atoms in total. The van der Waals surface area contributed by atoms with Gasteiger partial charge in [-0.3, -0.25) is 0 Å². The molecule has 0 radical (unpaired) electrons. The maximum Gasteiger partial charge on any atom is 0.336 e. The van der Waals surface area contributed by atoms with Gasteiger partial charge in [-0.05, 0) is 20.3 Å². The first-order chi connectivity index (χ1) is 6.61. The van der Waals surface area contributed by atoms with E-state index in [-0.39, 0.29) is 0 Å². The van der Waals surface area contributed by atoms with Gasteiger partial charge in [0.1, 0.15) is 0 Å². The normalized spacial score (nSPS) is 12.5. The zero-order chi connectivity index (χ0) is 11.0. The Labute approximate surface area is 85.4 Å². The van der Waals surface area contributed by atoms with Crippen LogP contribution in [0.3, 0.4) is 0 Å². The van der Waals surface area contributed by atoms with E-state index in [4.69, 9.17) is 9.47 Å². The molecule has 0 amide bonds. The van der Waals surface area contributed by atoms with Crippen molar-refractivity contribution in [2.24, 2.45) is 0 Å². The number of hydrogen-bond donors (Lipinski definition) is 0. The molecule has 0 aromatic rings. The molecule has 0 aliphatic carbocycles. The van der Waals surface area contributed by atoms with Gasteiger partial charge in [-0.15, -0.1) is 0 Å². The van der Waals surface area contributed by atoms with Gasteiger partial charge in [0, 0.05) is 12.0 Å². The summed E-state index contributed by atoms with van der Waals surface area (Å²) in [7, 11) is 0. The van der Waals surface area contributed by atoms with Gasteiger partial charge >= 0.3 is 5.97 Å². The number of ether oxygens (including phenoxy) is 2. The van der Waals surface area contributed by atoms with Crippen molar-refractivity contribution in [1.82, 2.24) is 0 Å². The summed E-state index contributed by atoms with van der Waals surface area (Å²) in [6.07, 6.45) is 4.35. The summed E-state index contributed by atoms with van der Waals surface area (Å²) in [5, 5.41) is 0. The highest BCUT2D eigenvalue weighted by Gasteiger charge is 2.13. The van der Waals surface area contributed by atoms with Crippen molar-refractivity contribution >= 4 is 5.97 Å². The molecule has 3 heteroatoms. The molecular weight excluding hydrogens is 180 g/mol. The van der Waals surface area contributed by atoms with Crippen LogP contribution in [0.4, 0.5) is 0 Å². The van der Waals surface area contributed by atoms with E-state index in [1.54, 1.807) is 13.0 Å². The van der Waals surface area contributed by atoms with E-state index < -0.39 is 12.3 Å². The van der Waals surface area contributed by atoms with E-state index in [2.05, 4.69) is 6.58 Å². The number of esters is 1. The third-order valence-corrected chi connectivity index (χ3v) is 1.48. The zero-order valence-corrected chi connectivity index (χ0v) is 9.08. The summed E-state index contributed by atoms with van der Waals surface area (Å²) in [4.78, 5) is 11.2. The van der Waals surface area contributed by atoms with Gasteiger partial charge in [0.2, 0.25) is 6.29 Å². The minimum absolute atomic E-state index is 0.384. The zero-order valence-electron chi connectivity index (χ0n) is 9.08. The molecular formula is C11H18O3. The Morgan fingerprint density at radius 3 is 2.64 bits per heavy atom. The maximum absolute atomic E-state index is 11.2. The lowest BCUT2D eigenvalue weighted by atomic mass is 10.3. The average Bonchev–Trinajstić information content (AvgIpc) is 2.14. The van der Waals surface area contributed by atoms with Crippen LogP contribution in [0, 0.1) is 0 Å². The molecule has 0 heterocycles. The summed E-state index contributed by atoms with van der Waals surface area (Å²) in [5.41, 5.74) is 0.384. The van der Waals surface area contributed by atoms with Crippen molar-refractivity contribution in [2.75, 3.05) is 0 Å². The third kappa shape index (κ3) is 5.41. The molecule has 0 aliphatic heterocycles. The molecule has 0 saturated carbocycles. The van der Waals surface area contributed by atoms with Crippen LogP contribution in [-0.2, 0) is 14.3 Å². The standard InChI is InChI=1S/C11H18O3/c1-5-7-10(13-8-6-2)14-11(12)9(3)4/h6,8,10H,3,5,7H2,1-2,4H3/b8-6+. The molecule has 0 N–H and O–H groups in total. The quantitative estimate of drug-likeness (QED) is 0.285. The second-order valence-electron chi connectivity index (χ2n) is 3.01. The average molecular weight is 198 g/mol. The minimum atomic E-state index is -0.500. The molecule has 14 heavy (non-hydrogen) atoms. The van der Waals surface area contributed by atoms with Gasteiger partial charge in [0.25, 0.3) is 0 Å². The van der Waals surface area contributed by atoms with Crippen molar-refractivity contribution < 1.29 is 14.3 Å². The Hall–Kier alpha value is -1.25. The van der Waals surface area contributed by atoms with Crippen LogP contribution in [0.5, 0.6) is 0 Å². The Balaban J connectivity index is 4.07. The largest absolute Gasteiger partial charge is 0.463 e. The third-order valence-electron chi connectivity index (χ3n) is 1.48. The SMILES string of the molecule is C=C(C)C(=O)OC(CCC)O/C=C/C. The van der Waals surface area contributed by atoms with Gasteiger partial charge < -0.3 is 9.47 Å². The molecule has 0 aromatic heterocycles. The number of hydrogen-bond acceptors (Lipinski definition) is 3. The minimum Gasteiger partial charge on any atom is -0.463 e. The van der Waals surface area contributed by atoms with E-state index in [0.29, 0.717) is 12.0 Å². The Morgan fingerprint density at radius 1 is 1.57 bits per heavy atom. The van der Waals surface area contributed by atoms with Gasteiger partial charge in [0.15, 0.2) is 0 Å². The van der Waals surface area contributed by atoms with E-state index >= 15 is 0 Å². The van der Waals surface area contributed by atoms with Crippen LogP contribution in [0.2, 0.25) is 0 Å². The first kappa shape index (κ1) is 12.8. The lowest BCUT2D eigenvalue weighted by Gasteiger charge is -2.16. The highest BCUT2D eigenvalue weighted by Crippen LogP contribution is 2.07. The van der Waals surface area contributed by atoms with Crippen molar-refractivity contribution in [2.45, 2.75) is 39.9 Å². The fourth-order valence-corrected chi connectivity index (χ4v) is 0.777. The Kier molecular flexibility index (Phi) is 6.54. The highest BCUT2D eigenvalue weighted by atomic mass is 16.7. The van der Waals surface area contributed by atoms with Crippen molar-refractivity contribution in [3.05, 3.63) is 24.5 Å². The summed E-state index contributed by atoms with van der Waals surface area (Å²) in [6, 6.07) is 0. The molecule has 0 rings (SSSR count). The van der Waals surface area contributed by atoms with Crippen molar-refractivity contribution in [3.63, 3.8) is 0 Å². The lowest BCUT2D eigenvalue weighted by Crippen LogP contribution is -2.19. The summed E-state index contributed by atoms with van der Waals surface area (Å²) < 4.78 is 10.2. The van der Waals surface area contributed by atoms with Crippen LogP contribution in [0.25, 0.3) is 0 Å².